The van der Waals surface area contributed by atoms with E-state index in [9.17, 15) is 4.79 Å². The second-order valence-corrected chi connectivity index (χ2v) is 4.75. The zero-order valence-electron chi connectivity index (χ0n) is 11.5. The van der Waals surface area contributed by atoms with Crippen LogP contribution in [0.25, 0.3) is 0 Å². The topological polar surface area (TPSA) is 64.7 Å². The molecule has 0 amide bonds. The summed E-state index contributed by atoms with van der Waals surface area (Å²) < 4.78 is 3.59. The fraction of sp³-hybridized carbons (Fsp3) is 0.462. The van der Waals surface area contributed by atoms with Crippen molar-refractivity contribution in [3.8, 4) is 0 Å². The van der Waals surface area contributed by atoms with Crippen molar-refractivity contribution >= 4 is 5.82 Å². The Bertz CT molecular complexity index is 599. The number of hydrogen-bond donors (Lipinski definition) is 1. The molecule has 19 heavy (non-hydrogen) atoms. The number of aryl methyl sites for hydroxylation is 1. The highest BCUT2D eigenvalue weighted by Crippen LogP contribution is 2.11. The van der Waals surface area contributed by atoms with Crippen molar-refractivity contribution in [2.75, 3.05) is 11.9 Å². The van der Waals surface area contributed by atoms with Crippen LogP contribution >= 0.6 is 0 Å². The first-order chi connectivity index (χ1) is 9.09. The van der Waals surface area contributed by atoms with E-state index < -0.39 is 0 Å². The molecule has 6 heteroatoms. The average molecular weight is 261 g/mol. The molecular weight excluding hydrogens is 242 g/mol. The third-order valence-electron chi connectivity index (χ3n) is 2.93. The minimum Gasteiger partial charge on any atom is -0.364 e. The normalized spacial score (nSPS) is 10.9. The molecule has 0 aromatic carbocycles. The molecule has 0 saturated carbocycles. The summed E-state index contributed by atoms with van der Waals surface area (Å²) in [5.41, 5.74) is -0.114. The van der Waals surface area contributed by atoms with Gasteiger partial charge in [0.25, 0.3) is 5.56 Å². The third-order valence-corrected chi connectivity index (χ3v) is 2.93. The lowest BCUT2D eigenvalue weighted by molar-refractivity contribution is 0.635. The third kappa shape index (κ3) is 3.01. The lowest BCUT2D eigenvalue weighted by Gasteiger charge is -2.11. The highest BCUT2D eigenvalue weighted by atomic mass is 16.1. The molecule has 0 aliphatic rings. The summed E-state index contributed by atoms with van der Waals surface area (Å²) in [5.74, 6) is 1.82. The first-order valence-electron chi connectivity index (χ1n) is 6.36. The van der Waals surface area contributed by atoms with Crippen molar-refractivity contribution in [1.82, 2.24) is 19.1 Å². The number of hydrogen-bond acceptors (Lipinski definition) is 4. The first kappa shape index (κ1) is 13.3. The molecule has 0 aliphatic carbocycles. The molecule has 6 nitrogen and oxygen atoms in total. The zero-order valence-corrected chi connectivity index (χ0v) is 11.5. The Labute approximate surface area is 112 Å². The molecule has 2 aromatic rings. The lowest BCUT2D eigenvalue weighted by atomic mass is 10.2. The van der Waals surface area contributed by atoms with E-state index in [2.05, 4.69) is 33.7 Å². The molecule has 2 heterocycles. The van der Waals surface area contributed by atoms with Gasteiger partial charge in [-0.05, 0) is 0 Å². The Hall–Kier alpha value is -2.11. The maximum absolute atomic E-state index is 11.8. The maximum atomic E-state index is 11.8. The van der Waals surface area contributed by atoms with Crippen LogP contribution in [0.4, 0.5) is 5.82 Å². The Morgan fingerprint density at radius 3 is 2.74 bits per heavy atom. The van der Waals surface area contributed by atoms with Gasteiger partial charge >= 0.3 is 0 Å². The standard InChI is InChI=1S/C13H19N5O/c1-10(2)12-16-6-9-18(12)8-5-15-11-13(19)17(3)7-4-14-11/h4,6-7,9-10H,5,8H2,1-3H3,(H,14,15). The smallest absolute Gasteiger partial charge is 0.293 e. The fourth-order valence-corrected chi connectivity index (χ4v) is 1.92. The summed E-state index contributed by atoms with van der Waals surface area (Å²) in [6, 6.07) is 0. The molecule has 0 radical (unpaired) electrons. The molecule has 1 N–H and O–H groups in total. The van der Waals surface area contributed by atoms with Crippen molar-refractivity contribution in [1.29, 1.82) is 0 Å². The van der Waals surface area contributed by atoms with Crippen LogP contribution in [0.1, 0.15) is 25.6 Å². The van der Waals surface area contributed by atoms with E-state index in [-0.39, 0.29) is 5.56 Å². The summed E-state index contributed by atoms with van der Waals surface area (Å²) in [6.07, 6.45) is 7.00. The zero-order chi connectivity index (χ0) is 13.8. The van der Waals surface area contributed by atoms with Crippen LogP contribution in [-0.2, 0) is 13.6 Å². The largest absolute Gasteiger partial charge is 0.364 e. The number of imidazole rings is 1. The SMILES string of the molecule is CC(C)c1nccn1CCNc1nccn(C)c1=O. The van der Waals surface area contributed by atoms with Crippen LogP contribution in [-0.4, -0.2) is 25.6 Å². The highest BCUT2D eigenvalue weighted by molar-refractivity contribution is 5.30. The summed E-state index contributed by atoms with van der Waals surface area (Å²) in [5, 5.41) is 3.07. The number of nitrogens with zero attached hydrogens (tertiary/aromatic N) is 4. The predicted octanol–water partition coefficient (Wildman–Crippen LogP) is 1.21. The second kappa shape index (κ2) is 5.69. The second-order valence-electron chi connectivity index (χ2n) is 4.75. The number of anilines is 1. The monoisotopic (exact) mass is 261 g/mol. The summed E-state index contributed by atoms with van der Waals surface area (Å²) >= 11 is 0. The molecule has 0 fully saturated rings. The van der Waals surface area contributed by atoms with Gasteiger partial charge in [0.1, 0.15) is 5.82 Å². The Morgan fingerprint density at radius 2 is 2.00 bits per heavy atom. The predicted molar refractivity (Wildman–Crippen MR) is 74.3 cm³/mol. The molecule has 2 aromatic heterocycles. The van der Waals surface area contributed by atoms with Crippen LogP contribution < -0.4 is 10.9 Å². The van der Waals surface area contributed by atoms with Crippen molar-refractivity contribution in [2.45, 2.75) is 26.3 Å². The Morgan fingerprint density at radius 1 is 1.26 bits per heavy atom. The summed E-state index contributed by atoms with van der Waals surface area (Å²) in [6.45, 7) is 5.62. The first-order valence-corrected chi connectivity index (χ1v) is 6.36. The van der Waals surface area contributed by atoms with Gasteiger partial charge in [0.05, 0.1) is 0 Å². The minimum absolute atomic E-state index is 0.114. The average Bonchev–Trinajstić information content (AvgIpc) is 2.83. The Kier molecular flexibility index (Phi) is 3.99. The van der Waals surface area contributed by atoms with Crippen LogP contribution in [0.15, 0.2) is 29.6 Å². The van der Waals surface area contributed by atoms with Gasteiger partial charge in [0, 0.05) is 50.8 Å². The summed E-state index contributed by atoms with van der Waals surface area (Å²) in [4.78, 5) is 20.1. The molecular formula is C13H19N5O. The van der Waals surface area contributed by atoms with Crippen LogP contribution in [0.5, 0.6) is 0 Å². The van der Waals surface area contributed by atoms with E-state index in [1.54, 1.807) is 25.6 Å². The maximum Gasteiger partial charge on any atom is 0.293 e. The molecule has 0 spiro atoms. The number of aromatic nitrogens is 4. The molecule has 2 rings (SSSR count). The fourth-order valence-electron chi connectivity index (χ4n) is 1.92. The van der Waals surface area contributed by atoms with Gasteiger partial charge in [-0.15, -0.1) is 0 Å². The van der Waals surface area contributed by atoms with E-state index >= 15 is 0 Å². The van der Waals surface area contributed by atoms with Gasteiger partial charge < -0.3 is 14.5 Å². The van der Waals surface area contributed by atoms with Gasteiger partial charge in [-0.2, -0.15) is 0 Å². The number of nitrogens with one attached hydrogen (secondary N) is 1. The van der Waals surface area contributed by atoms with Crippen LogP contribution in [0.3, 0.4) is 0 Å². The van der Waals surface area contributed by atoms with Crippen LogP contribution in [0.2, 0.25) is 0 Å². The van der Waals surface area contributed by atoms with E-state index in [1.165, 1.54) is 4.57 Å². The van der Waals surface area contributed by atoms with Gasteiger partial charge in [0.15, 0.2) is 5.82 Å². The molecule has 0 saturated heterocycles. The lowest BCUT2D eigenvalue weighted by Crippen LogP contribution is -2.23. The van der Waals surface area contributed by atoms with Gasteiger partial charge in [-0.1, -0.05) is 13.8 Å². The van der Waals surface area contributed by atoms with Crippen molar-refractivity contribution in [2.24, 2.45) is 7.05 Å². The quantitative estimate of drug-likeness (QED) is 0.878. The van der Waals surface area contributed by atoms with Gasteiger partial charge in [-0.25, -0.2) is 9.97 Å². The molecule has 0 aliphatic heterocycles. The van der Waals surface area contributed by atoms with Crippen LogP contribution in [0, 0.1) is 0 Å². The Balaban J connectivity index is 1.99. The van der Waals surface area contributed by atoms with Crippen molar-refractivity contribution < 1.29 is 0 Å². The van der Waals surface area contributed by atoms with Crippen molar-refractivity contribution in [3.05, 3.63) is 41.0 Å². The van der Waals surface area contributed by atoms with E-state index in [1.807, 2.05) is 6.20 Å². The van der Waals surface area contributed by atoms with E-state index in [0.29, 0.717) is 18.3 Å². The summed E-state index contributed by atoms with van der Waals surface area (Å²) in [7, 11) is 1.71. The highest BCUT2D eigenvalue weighted by Gasteiger charge is 2.07. The molecule has 0 bridgehead atoms. The van der Waals surface area contributed by atoms with Gasteiger partial charge in [-0.3, -0.25) is 4.79 Å². The van der Waals surface area contributed by atoms with Crippen molar-refractivity contribution in [3.63, 3.8) is 0 Å². The number of rotatable bonds is 5. The molecule has 0 atom stereocenters. The van der Waals surface area contributed by atoms with Gasteiger partial charge in [0.2, 0.25) is 0 Å². The molecule has 0 unspecified atom stereocenters. The molecule has 102 valence electrons. The minimum atomic E-state index is -0.114. The van der Waals surface area contributed by atoms with E-state index in [4.69, 9.17) is 0 Å². The van der Waals surface area contributed by atoms with E-state index in [0.717, 1.165) is 12.4 Å².